The molecule has 0 N–H and O–H groups in total. The number of Topliss-reactive ketones (excluding diaryl/α,β-unsaturated/α-hetero) is 1. The molecule has 0 atom stereocenters. The Balaban J connectivity index is 0.000000250. The molecule has 0 bridgehead atoms. The first-order chi connectivity index (χ1) is 15.6. The van der Waals surface area contributed by atoms with Crippen molar-refractivity contribution in [1.82, 2.24) is 4.98 Å². The van der Waals surface area contributed by atoms with Gasteiger partial charge in [0, 0.05) is 18.0 Å². The molecule has 0 aliphatic heterocycles. The van der Waals surface area contributed by atoms with Crippen LogP contribution in [0, 0.1) is 11.8 Å². The fourth-order valence-corrected chi connectivity index (χ4v) is 3.48. The number of pyridine rings is 1. The number of benzene rings is 1. The zero-order valence-electron chi connectivity index (χ0n) is 20.7. The van der Waals surface area contributed by atoms with Gasteiger partial charge < -0.3 is 0 Å². The highest BCUT2D eigenvalue weighted by atomic mass is 19.4. The number of carbonyl (C=O) groups excluding carboxylic acids is 1. The molecule has 1 aromatic heterocycles. The standard InChI is InChI=1S/C12H17N.C11H14O.C4H8.CHF3/c1-10-4-6-11(7-5-10)12-3-2-8-13-9-12;1-8(2)10-4-6-11(7-5-10)9(3)12;1-4-2-3-4;2-1(3)4/h2-3,8-11H,4-7H2,1H3;4-8H,1-3H3;4H,2-3H2,1H3;1H. The van der Waals surface area contributed by atoms with Crippen LogP contribution in [0.15, 0.2) is 48.8 Å². The molecule has 0 spiro atoms. The molecule has 2 aromatic rings. The van der Waals surface area contributed by atoms with E-state index in [1.54, 1.807) is 6.92 Å². The topological polar surface area (TPSA) is 30.0 Å². The van der Waals surface area contributed by atoms with Crippen molar-refractivity contribution in [3.8, 4) is 0 Å². The fourth-order valence-electron chi connectivity index (χ4n) is 3.48. The van der Waals surface area contributed by atoms with Gasteiger partial charge in [-0.2, -0.15) is 13.2 Å². The Kier molecular flexibility index (Phi) is 13.7. The predicted molar refractivity (Wildman–Crippen MR) is 131 cm³/mol. The Bertz CT molecular complexity index is 763. The van der Waals surface area contributed by atoms with Gasteiger partial charge in [0.25, 0.3) is 0 Å². The van der Waals surface area contributed by atoms with Gasteiger partial charge in [0.2, 0.25) is 0 Å². The number of aromatic nitrogens is 1. The number of nitrogens with zero attached hydrogens (tertiary/aromatic N) is 1. The SMILES string of the molecule is CC(=O)c1ccc(C(C)C)cc1.CC1CC1.CC1CCC(c2cccnc2)CC1.FC(F)F. The zero-order chi connectivity index (χ0) is 24.8. The van der Waals surface area contributed by atoms with Crippen LogP contribution in [0.25, 0.3) is 0 Å². The van der Waals surface area contributed by atoms with Crippen molar-refractivity contribution in [2.45, 2.75) is 91.7 Å². The second kappa shape index (κ2) is 15.6. The van der Waals surface area contributed by atoms with Crippen LogP contribution < -0.4 is 0 Å². The van der Waals surface area contributed by atoms with Crippen LogP contribution in [0.3, 0.4) is 0 Å². The number of hydrogen-bond donors (Lipinski definition) is 0. The highest BCUT2D eigenvalue weighted by Crippen LogP contribution is 2.34. The molecule has 2 fully saturated rings. The van der Waals surface area contributed by atoms with Gasteiger partial charge in [-0.25, -0.2) is 0 Å². The maximum atomic E-state index is 10.9. The van der Waals surface area contributed by atoms with Crippen LogP contribution >= 0.6 is 0 Å². The summed E-state index contributed by atoms with van der Waals surface area (Å²) in [6, 6.07) is 12.1. The van der Waals surface area contributed by atoms with Gasteiger partial charge in [-0.1, -0.05) is 83.7 Å². The lowest BCUT2D eigenvalue weighted by atomic mass is 9.80. The second-order valence-corrected chi connectivity index (χ2v) is 9.51. The van der Waals surface area contributed by atoms with Gasteiger partial charge in [-0.3, -0.25) is 9.78 Å². The maximum absolute atomic E-state index is 10.9. The number of alkyl halides is 3. The summed E-state index contributed by atoms with van der Waals surface area (Å²) in [5.74, 6) is 3.47. The first-order valence-electron chi connectivity index (χ1n) is 12.0. The van der Waals surface area contributed by atoms with Crippen LogP contribution in [0.5, 0.6) is 0 Å². The van der Waals surface area contributed by atoms with Crippen molar-refractivity contribution < 1.29 is 18.0 Å². The van der Waals surface area contributed by atoms with E-state index in [4.69, 9.17) is 0 Å². The summed E-state index contributed by atoms with van der Waals surface area (Å²) >= 11 is 0. The molecule has 5 heteroatoms. The minimum atomic E-state index is -3.67. The molecule has 2 aliphatic carbocycles. The molecule has 1 aromatic carbocycles. The van der Waals surface area contributed by atoms with Crippen LogP contribution in [0.2, 0.25) is 0 Å². The molecule has 0 radical (unpaired) electrons. The minimum Gasteiger partial charge on any atom is -0.295 e. The third-order valence-electron chi connectivity index (χ3n) is 6.02. The Hall–Kier alpha value is -2.17. The van der Waals surface area contributed by atoms with Crippen LogP contribution in [0.1, 0.15) is 106 Å². The van der Waals surface area contributed by atoms with Crippen molar-refractivity contribution in [3.05, 3.63) is 65.5 Å². The molecular formula is C28H40F3NO. The predicted octanol–water partition coefficient (Wildman–Crippen LogP) is 8.98. The summed E-state index contributed by atoms with van der Waals surface area (Å²) in [5, 5.41) is 0. The summed E-state index contributed by atoms with van der Waals surface area (Å²) in [6.45, 7) is 6.84. The van der Waals surface area contributed by atoms with Crippen molar-refractivity contribution in [2.75, 3.05) is 0 Å². The van der Waals surface area contributed by atoms with Gasteiger partial charge in [0.1, 0.15) is 0 Å². The molecule has 184 valence electrons. The molecule has 1 heterocycles. The monoisotopic (exact) mass is 463 g/mol. The lowest BCUT2D eigenvalue weighted by Gasteiger charge is -2.26. The van der Waals surface area contributed by atoms with Gasteiger partial charge in [0.15, 0.2) is 5.78 Å². The quantitative estimate of drug-likeness (QED) is 0.425. The molecule has 2 aliphatic rings. The van der Waals surface area contributed by atoms with Crippen molar-refractivity contribution in [1.29, 1.82) is 0 Å². The van der Waals surface area contributed by atoms with E-state index in [2.05, 4.69) is 38.7 Å². The van der Waals surface area contributed by atoms with Gasteiger partial charge in [0.05, 0.1) is 0 Å². The minimum absolute atomic E-state index is 0.130. The van der Waals surface area contributed by atoms with E-state index in [9.17, 15) is 18.0 Å². The third kappa shape index (κ3) is 13.9. The lowest BCUT2D eigenvalue weighted by molar-refractivity contribution is 0.00818. The fraction of sp³-hybridized carbons (Fsp3) is 0.571. The van der Waals surface area contributed by atoms with Gasteiger partial charge in [-0.05, 0) is 60.6 Å². The molecule has 0 saturated heterocycles. The second-order valence-electron chi connectivity index (χ2n) is 9.51. The van der Waals surface area contributed by atoms with Crippen molar-refractivity contribution in [3.63, 3.8) is 0 Å². The number of ketones is 1. The highest BCUT2D eigenvalue weighted by molar-refractivity contribution is 5.94. The number of hydrogen-bond acceptors (Lipinski definition) is 2. The van der Waals surface area contributed by atoms with Crippen LogP contribution in [0.4, 0.5) is 13.2 Å². The Morgan fingerprint density at radius 3 is 1.73 bits per heavy atom. The normalized spacial score (nSPS) is 19.3. The number of halogens is 3. The summed E-state index contributed by atoms with van der Waals surface area (Å²) in [5.41, 5.74) is 3.51. The van der Waals surface area contributed by atoms with Crippen LogP contribution in [-0.2, 0) is 0 Å². The molecular weight excluding hydrogens is 423 g/mol. The van der Waals surface area contributed by atoms with E-state index < -0.39 is 6.68 Å². The molecule has 33 heavy (non-hydrogen) atoms. The summed E-state index contributed by atoms with van der Waals surface area (Å²) in [6.07, 6.45) is 12.3. The summed E-state index contributed by atoms with van der Waals surface area (Å²) in [4.78, 5) is 15.1. The summed E-state index contributed by atoms with van der Waals surface area (Å²) in [7, 11) is 0. The van der Waals surface area contributed by atoms with Crippen molar-refractivity contribution >= 4 is 5.78 Å². The smallest absolute Gasteiger partial charge is 0.295 e. The molecule has 2 nitrogen and oxygen atoms in total. The Labute approximate surface area is 198 Å². The van der Waals surface area contributed by atoms with Gasteiger partial charge >= 0.3 is 6.68 Å². The lowest BCUT2D eigenvalue weighted by Crippen LogP contribution is -2.10. The Morgan fingerprint density at radius 2 is 1.36 bits per heavy atom. The first-order valence-corrected chi connectivity index (χ1v) is 12.0. The first kappa shape index (κ1) is 28.9. The van der Waals surface area contributed by atoms with Crippen LogP contribution in [-0.4, -0.2) is 17.4 Å². The van der Waals surface area contributed by atoms with E-state index >= 15 is 0 Å². The Morgan fingerprint density at radius 1 is 0.879 bits per heavy atom. The van der Waals surface area contributed by atoms with Crippen molar-refractivity contribution in [2.24, 2.45) is 11.8 Å². The number of rotatable bonds is 3. The van der Waals surface area contributed by atoms with E-state index in [0.29, 0.717) is 5.92 Å². The maximum Gasteiger partial charge on any atom is 0.379 e. The van der Waals surface area contributed by atoms with E-state index in [1.807, 2.05) is 42.7 Å². The number of carbonyl (C=O) groups is 1. The van der Waals surface area contributed by atoms with E-state index in [1.165, 1.54) is 49.7 Å². The average Bonchev–Trinajstić information content (AvgIpc) is 3.57. The third-order valence-corrected chi connectivity index (χ3v) is 6.02. The molecule has 2 saturated carbocycles. The van der Waals surface area contributed by atoms with Gasteiger partial charge in [-0.15, -0.1) is 0 Å². The van der Waals surface area contributed by atoms with E-state index in [-0.39, 0.29) is 5.78 Å². The molecule has 0 amide bonds. The zero-order valence-corrected chi connectivity index (χ0v) is 20.7. The average molecular weight is 464 g/mol. The summed E-state index contributed by atoms with van der Waals surface area (Å²) < 4.78 is 29.0. The highest BCUT2D eigenvalue weighted by Gasteiger charge is 2.19. The molecule has 0 unspecified atom stereocenters. The molecule has 4 rings (SSSR count). The van der Waals surface area contributed by atoms with E-state index in [0.717, 1.165) is 23.3 Å². The largest absolute Gasteiger partial charge is 0.379 e.